The summed E-state index contributed by atoms with van der Waals surface area (Å²) in [5, 5.41) is 0. The molecule has 90 valence electrons. The van der Waals surface area contributed by atoms with Gasteiger partial charge in [-0.1, -0.05) is 76.7 Å². The Balaban J connectivity index is 2.30. The summed E-state index contributed by atoms with van der Waals surface area (Å²) in [4.78, 5) is 0. The molecule has 0 radical (unpaired) electrons. The maximum atomic E-state index is 3.78. The van der Waals surface area contributed by atoms with Crippen molar-refractivity contribution >= 4 is 24.3 Å². The lowest BCUT2D eigenvalue weighted by molar-refractivity contribution is 1.35. The number of rotatable bonds is 3. The van der Waals surface area contributed by atoms with Gasteiger partial charge in [0.25, 0.3) is 0 Å². The van der Waals surface area contributed by atoms with Crippen LogP contribution in [0.4, 0.5) is 0 Å². The summed E-state index contributed by atoms with van der Waals surface area (Å²) in [6.07, 6.45) is 1.88. The van der Waals surface area contributed by atoms with E-state index >= 15 is 0 Å². The maximum Gasteiger partial charge on any atom is 0.192 e. The second-order valence-corrected chi connectivity index (χ2v) is 5.00. The Morgan fingerprint density at radius 2 is 1.50 bits per heavy atom. The number of hydrogen-bond donors (Lipinski definition) is 0. The molecule has 2 rings (SSSR count). The topological polar surface area (TPSA) is 0 Å². The first-order chi connectivity index (χ1) is 8.60. The summed E-state index contributed by atoms with van der Waals surface area (Å²) in [6.45, 7) is 10.3. The van der Waals surface area contributed by atoms with Gasteiger partial charge < -0.3 is 0 Å². The number of aryl methyl sites for hydroxylation is 3. The lowest BCUT2D eigenvalue weighted by Crippen LogP contribution is -2.31. The summed E-state index contributed by atoms with van der Waals surface area (Å²) in [5.74, 6) is 0. The third-order valence-electron chi connectivity index (χ3n) is 3.44. The molecule has 0 nitrogen and oxygen atoms in total. The van der Waals surface area contributed by atoms with Crippen LogP contribution in [-0.2, 0) is 0 Å². The standard InChI is InChI=1S/C17H19B/c1-5-15-6-8-16(9-7-15)18-17-13(3)10-12(2)11-14(17)4/h5-11,18H,1H2,2-4H3. The minimum atomic E-state index is 1.01. The van der Waals surface area contributed by atoms with Gasteiger partial charge in [0.1, 0.15) is 0 Å². The molecule has 2 aromatic carbocycles. The van der Waals surface area contributed by atoms with Crippen LogP contribution in [0.3, 0.4) is 0 Å². The Kier molecular flexibility index (Phi) is 3.71. The lowest BCUT2D eigenvalue weighted by Gasteiger charge is -2.10. The second-order valence-electron chi connectivity index (χ2n) is 5.00. The average molecular weight is 234 g/mol. The molecular formula is C17H19B. The van der Waals surface area contributed by atoms with Crippen molar-refractivity contribution in [2.45, 2.75) is 20.8 Å². The number of hydrogen-bond acceptors (Lipinski definition) is 0. The summed E-state index contributed by atoms with van der Waals surface area (Å²) < 4.78 is 0. The van der Waals surface area contributed by atoms with E-state index in [1.54, 1.807) is 0 Å². The van der Waals surface area contributed by atoms with Gasteiger partial charge in [0, 0.05) is 0 Å². The molecule has 0 unspecified atom stereocenters. The highest BCUT2D eigenvalue weighted by Crippen LogP contribution is 2.05. The molecule has 0 amide bonds. The first-order valence-corrected chi connectivity index (χ1v) is 6.38. The minimum Gasteiger partial charge on any atom is -0.0985 e. The fraction of sp³-hybridized carbons (Fsp3) is 0.176. The molecule has 0 aliphatic rings. The van der Waals surface area contributed by atoms with E-state index in [2.05, 4.69) is 63.7 Å². The monoisotopic (exact) mass is 234 g/mol. The zero-order valence-electron chi connectivity index (χ0n) is 11.5. The van der Waals surface area contributed by atoms with Crippen molar-refractivity contribution in [3.63, 3.8) is 0 Å². The summed E-state index contributed by atoms with van der Waals surface area (Å²) in [5.41, 5.74) is 8.11. The van der Waals surface area contributed by atoms with Crippen molar-refractivity contribution < 1.29 is 0 Å². The predicted octanol–water partition coefficient (Wildman–Crippen LogP) is 2.64. The highest BCUT2D eigenvalue weighted by atomic mass is 14.0. The SMILES string of the molecule is C=Cc1ccc(Bc2c(C)cc(C)cc2C)cc1. The third kappa shape index (κ3) is 2.73. The smallest absolute Gasteiger partial charge is 0.0985 e. The van der Waals surface area contributed by atoms with Crippen LogP contribution in [0.25, 0.3) is 6.08 Å². The fourth-order valence-corrected chi connectivity index (χ4v) is 2.46. The molecular weight excluding hydrogens is 215 g/mol. The average Bonchev–Trinajstić information content (AvgIpc) is 2.34. The Morgan fingerprint density at radius 1 is 0.944 bits per heavy atom. The van der Waals surface area contributed by atoms with Crippen LogP contribution in [0.5, 0.6) is 0 Å². The largest absolute Gasteiger partial charge is 0.192 e. The molecule has 1 heteroatoms. The number of benzene rings is 2. The third-order valence-corrected chi connectivity index (χ3v) is 3.44. The lowest BCUT2D eigenvalue weighted by atomic mass is 9.61. The Morgan fingerprint density at radius 3 is 2.00 bits per heavy atom. The normalized spacial score (nSPS) is 10.2. The van der Waals surface area contributed by atoms with Crippen molar-refractivity contribution in [2.75, 3.05) is 0 Å². The van der Waals surface area contributed by atoms with E-state index in [1.165, 1.54) is 33.2 Å². The van der Waals surface area contributed by atoms with Crippen LogP contribution < -0.4 is 10.9 Å². The van der Waals surface area contributed by atoms with Gasteiger partial charge in [0.05, 0.1) is 0 Å². The van der Waals surface area contributed by atoms with Crippen molar-refractivity contribution in [3.8, 4) is 0 Å². The van der Waals surface area contributed by atoms with Crippen LogP contribution in [0.2, 0.25) is 0 Å². The molecule has 0 spiro atoms. The Labute approximate surface area is 111 Å². The molecule has 0 aliphatic heterocycles. The molecule has 0 aromatic heterocycles. The van der Waals surface area contributed by atoms with E-state index in [0.29, 0.717) is 0 Å². The summed E-state index contributed by atoms with van der Waals surface area (Å²) in [6, 6.07) is 13.2. The second kappa shape index (κ2) is 5.26. The maximum absolute atomic E-state index is 3.78. The summed E-state index contributed by atoms with van der Waals surface area (Å²) in [7, 11) is 1.01. The molecule has 0 saturated carbocycles. The summed E-state index contributed by atoms with van der Waals surface area (Å²) >= 11 is 0. The van der Waals surface area contributed by atoms with E-state index < -0.39 is 0 Å². The molecule has 0 N–H and O–H groups in total. The van der Waals surface area contributed by atoms with Gasteiger partial charge >= 0.3 is 0 Å². The van der Waals surface area contributed by atoms with Crippen molar-refractivity contribution in [1.82, 2.24) is 0 Å². The van der Waals surface area contributed by atoms with Gasteiger partial charge in [0.15, 0.2) is 7.28 Å². The van der Waals surface area contributed by atoms with Gasteiger partial charge in [-0.15, -0.1) is 0 Å². The Hall–Kier alpha value is -1.76. The molecule has 0 aliphatic carbocycles. The van der Waals surface area contributed by atoms with Gasteiger partial charge in [-0.05, 0) is 26.3 Å². The van der Waals surface area contributed by atoms with E-state index in [0.717, 1.165) is 7.28 Å². The molecule has 0 bridgehead atoms. The van der Waals surface area contributed by atoms with Gasteiger partial charge in [-0.25, -0.2) is 0 Å². The molecule has 0 atom stereocenters. The highest BCUT2D eigenvalue weighted by Gasteiger charge is 2.06. The molecule has 0 heterocycles. The van der Waals surface area contributed by atoms with Gasteiger partial charge in [0.2, 0.25) is 0 Å². The first kappa shape index (κ1) is 12.7. The highest BCUT2D eigenvalue weighted by molar-refractivity contribution is 6.68. The van der Waals surface area contributed by atoms with E-state index in [-0.39, 0.29) is 0 Å². The molecule has 0 saturated heterocycles. The molecule has 0 fully saturated rings. The van der Waals surface area contributed by atoms with Crippen LogP contribution >= 0.6 is 0 Å². The molecule has 18 heavy (non-hydrogen) atoms. The van der Waals surface area contributed by atoms with E-state index in [9.17, 15) is 0 Å². The Bertz CT molecular complexity index is 542. The predicted molar refractivity (Wildman–Crippen MR) is 83.6 cm³/mol. The van der Waals surface area contributed by atoms with Crippen molar-refractivity contribution in [2.24, 2.45) is 0 Å². The zero-order valence-corrected chi connectivity index (χ0v) is 11.5. The van der Waals surface area contributed by atoms with Crippen LogP contribution in [0, 0.1) is 20.8 Å². The van der Waals surface area contributed by atoms with Crippen LogP contribution in [0.1, 0.15) is 22.3 Å². The van der Waals surface area contributed by atoms with E-state index in [4.69, 9.17) is 0 Å². The van der Waals surface area contributed by atoms with Crippen LogP contribution in [0.15, 0.2) is 43.0 Å². The quantitative estimate of drug-likeness (QED) is 0.716. The van der Waals surface area contributed by atoms with Gasteiger partial charge in [-0.3, -0.25) is 0 Å². The minimum absolute atomic E-state index is 1.01. The van der Waals surface area contributed by atoms with Crippen molar-refractivity contribution in [1.29, 1.82) is 0 Å². The van der Waals surface area contributed by atoms with E-state index in [1.807, 2.05) is 6.08 Å². The zero-order chi connectivity index (χ0) is 13.1. The van der Waals surface area contributed by atoms with Crippen molar-refractivity contribution in [3.05, 3.63) is 65.2 Å². The first-order valence-electron chi connectivity index (χ1n) is 6.38. The fourth-order valence-electron chi connectivity index (χ4n) is 2.46. The van der Waals surface area contributed by atoms with Gasteiger partial charge in [-0.2, -0.15) is 0 Å². The molecule has 2 aromatic rings. The van der Waals surface area contributed by atoms with Crippen LogP contribution in [-0.4, -0.2) is 7.28 Å².